The van der Waals surface area contributed by atoms with Gasteiger partial charge in [0.15, 0.2) is 17.5 Å². The summed E-state index contributed by atoms with van der Waals surface area (Å²) in [5.74, 6) is 1.98. The maximum atomic E-state index is 5.13. The number of hydrogen-bond acceptors (Lipinski definition) is 4. The quantitative estimate of drug-likeness (QED) is 0.176. The van der Waals surface area contributed by atoms with Crippen molar-refractivity contribution in [3.8, 4) is 78.7 Å². The molecule has 0 amide bonds. The fourth-order valence-corrected chi connectivity index (χ4v) is 10.3. The van der Waals surface area contributed by atoms with E-state index >= 15 is 0 Å². The SMILES string of the molecule is c1ccc(-c2nc(-c3cccc(-c4cccc(-c5ccc6c(c5)C5(c7ccccc7-c7ccccc75)c5ccccc5-6)c4)c3)nc(-c3cccc4sccc34)n2)cc1. The molecule has 0 saturated carbocycles. The standard InChI is InChI=1S/C54H33N3S/c1-2-13-34(14-3-1)51-55-52(57-53(56-51)45-22-12-26-50-44(45)29-30-58-50)39-18-11-17-37(32-39)35-15-10-16-36(31-35)38-27-28-43-42-21-6-9-25-48(42)54(49(43)33-38)46-23-7-4-19-40(46)41-20-5-8-24-47(41)54/h1-33H. The van der Waals surface area contributed by atoms with E-state index in [1.165, 1.54) is 60.3 Å². The average molecular weight is 756 g/mol. The van der Waals surface area contributed by atoms with E-state index in [-0.39, 0.29) is 5.41 Å². The molecule has 2 aliphatic rings. The van der Waals surface area contributed by atoms with E-state index < -0.39 is 0 Å². The highest BCUT2D eigenvalue weighted by atomic mass is 32.1. The lowest BCUT2D eigenvalue weighted by atomic mass is 9.70. The first-order valence-corrected chi connectivity index (χ1v) is 20.6. The number of rotatable bonds is 5. The van der Waals surface area contributed by atoms with Crippen LogP contribution in [0, 0.1) is 0 Å². The highest BCUT2D eigenvalue weighted by molar-refractivity contribution is 7.17. The third kappa shape index (κ3) is 4.89. The van der Waals surface area contributed by atoms with Crippen LogP contribution in [0.2, 0.25) is 0 Å². The summed E-state index contributed by atoms with van der Waals surface area (Å²) in [5, 5.41) is 3.27. The van der Waals surface area contributed by atoms with Gasteiger partial charge in [0, 0.05) is 26.8 Å². The van der Waals surface area contributed by atoms with Crippen LogP contribution in [0.1, 0.15) is 22.3 Å². The zero-order valence-corrected chi connectivity index (χ0v) is 32.1. The Kier molecular flexibility index (Phi) is 7.31. The van der Waals surface area contributed by atoms with E-state index in [0.29, 0.717) is 17.5 Å². The van der Waals surface area contributed by atoms with Gasteiger partial charge in [0.05, 0.1) is 5.41 Å². The van der Waals surface area contributed by atoms with Gasteiger partial charge in [-0.1, -0.05) is 164 Å². The van der Waals surface area contributed by atoms with Crippen molar-refractivity contribution in [1.29, 1.82) is 0 Å². The number of thiophene rings is 1. The molecule has 0 bridgehead atoms. The largest absolute Gasteiger partial charge is 0.208 e. The van der Waals surface area contributed by atoms with Gasteiger partial charge in [0.1, 0.15) is 0 Å². The van der Waals surface area contributed by atoms with Crippen LogP contribution in [0.25, 0.3) is 88.8 Å². The van der Waals surface area contributed by atoms with Crippen LogP contribution >= 0.6 is 11.3 Å². The average Bonchev–Trinajstić information content (AvgIpc) is 3.99. The fourth-order valence-electron chi connectivity index (χ4n) is 9.52. The molecular weight excluding hydrogens is 723 g/mol. The second-order valence-electron chi connectivity index (χ2n) is 15.1. The highest BCUT2D eigenvalue weighted by Gasteiger charge is 2.51. The van der Waals surface area contributed by atoms with E-state index in [9.17, 15) is 0 Å². The smallest absolute Gasteiger partial charge is 0.164 e. The molecule has 0 unspecified atom stereocenters. The van der Waals surface area contributed by atoms with Gasteiger partial charge in [-0.25, -0.2) is 15.0 Å². The summed E-state index contributed by atoms with van der Waals surface area (Å²) in [7, 11) is 0. The number of benzene rings is 8. The molecule has 4 heteroatoms. The monoisotopic (exact) mass is 755 g/mol. The summed E-state index contributed by atoms with van der Waals surface area (Å²) in [6.45, 7) is 0. The van der Waals surface area contributed by atoms with Crippen LogP contribution in [0.3, 0.4) is 0 Å². The number of nitrogens with zero attached hydrogens (tertiary/aromatic N) is 3. The lowest BCUT2D eigenvalue weighted by molar-refractivity contribution is 0.794. The van der Waals surface area contributed by atoms with Crippen molar-refractivity contribution in [2.24, 2.45) is 0 Å². The Balaban J connectivity index is 0.974. The van der Waals surface area contributed by atoms with E-state index in [4.69, 9.17) is 15.0 Å². The van der Waals surface area contributed by atoms with Crippen molar-refractivity contribution in [2.75, 3.05) is 0 Å². The Morgan fingerprint density at radius 1 is 0.310 bits per heavy atom. The third-order valence-corrected chi connectivity index (χ3v) is 12.9. The molecule has 0 fully saturated rings. The van der Waals surface area contributed by atoms with Gasteiger partial charge in [-0.15, -0.1) is 11.3 Å². The Morgan fingerprint density at radius 2 is 0.776 bits per heavy atom. The second-order valence-corrected chi connectivity index (χ2v) is 16.1. The summed E-state index contributed by atoms with van der Waals surface area (Å²) >= 11 is 1.73. The molecule has 2 aliphatic carbocycles. The minimum absolute atomic E-state index is 0.377. The Labute approximate surface area is 340 Å². The van der Waals surface area contributed by atoms with Gasteiger partial charge < -0.3 is 0 Å². The molecule has 0 radical (unpaired) electrons. The van der Waals surface area contributed by atoms with Crippen molar-refractivity contribution in [3.63, 3.8) is 0 Å². The van der Waals surface area contributed by atoms with E-state index in [1.54, 1.807) is 11.3 Å². The predicted molar refractivity (Wildman–Crippen MR) is 239 cm³/mol. The van der Waals surface area contributed by atoms with Crippen molar-refractivity contribution in [3.05, 3.63) is 222 Å². The Hall–Kier alpha value is -7.27. The Bertz CT molecular complexity index is 3190. The Morgan fingerprint density at radius 3 is 1.43 bits per heavy atom. The van der Waals surface area contributed by atoms with Gasteiger partial charge in [-0.05, 0) is 102 Å². The molecule has 270 valence electrons. The number of aromatic nitrogens is 3. The van der Waals surface area contributed by atoms with Crippen molar-refractivity contribution < 1.29 is 0 Å². The summed E-state index contributed by atoms with van der Waals surface area (Å²) in [6, 6.07) is 70.2. The molecule has 58 heavy (non-hydrogen) atoms. The first-order valence-electron chi connectivity index (χ1n) is 19.7. The van der Waals surface area contributed by atoms with Crippen molar-refractivity contribution in [1.82, 2.24) is 15.0 Å². The van der Waals surface area contributed by atoms with Gasteiger partial charge in [0.2, 0.25) is 0 Å². The van der Waals surface area contributed by atoms with E-state index in [2.05, 4.69) is 181 Å². The lowest BCUT2D eigenvalue weighted by Gasteiger charge is -2.30. The molecule has 8 aromatic carbocycles. The molecule has 0 saturated heterocycles. The first-order chi connectivity index (χ1) is 28.7. The summed E-state index contributed by atoms with van der Waals surface area (Å²) < 4.78 is 1.21. The van der Waals surface area contributed by atoms with Crippen LogP contribution in [0.5, 0.6) is 0 Å². The molecule has 1 spiro atoms. The zero-order valence-electron chi connectivity index (χ0n) is 31.3. The third-order valence-electron chi connectivity index (χ3n) is 12.1. The number of fused-ring (bicyclic) bond motifs is 11. The van der Waals surface area contributed by atoms with E-state index in [1.807, 2.05) is 18.2 Å². The van der Waals surface area contributed by atoms with Crippen LogP contribution in [0.15, 0.2) is 200 Å². The fraction of sp³-hybridized carbons (Fsp3) is 0.0185. The van der Waals surface area contributed by atoms with Gasteiger partial charge in [0.25, 0.3) is 0 Å². The highest BCUT2D eigenvalue weighted by Crippen LogP contribution is 2.63. The molecule has 2 heterocycles. The molecule has 10 aromatic rings. The van der Waals surface area contributed by atoms with Crippen LogP contribution in [-0.4, -0.2) is 15.0 Å². The van der Waals surface area contributed by atoms with Crippen LogP contribution in [0.4, 0.5) is 0 Å². The molecule has 0 N–H and O–H groups in total. The first kappa shape index (κ1) is 32.9. The van der Waals surface area contributed by atoms with Crippen molar-refractivity contribution >= 4 is 21.4 Å². The van der Waals surface area contributed by atoms with Gasteiger partial charge in [-0.2, -0.15) is 0 Å². The molecule has 2 aromatic heterocycles. The maximum Gasteiger partial charge on any atom is 0.164 e. The summed E-state index contributed by atoms with van der Waals surface area (Å²) in [6.07, 6.45) is 0. The normalized spacial score (nSPS) is 13.0. The van der Waals surface area contributed by atoms with Crippen LogP contribution < -0.4 is 0 Å². The predicted octanol–water partition coefficient (Wildman–Crippen LogP) is 13.8. The second kappa shape index (κ2) is 12.9. The minimum atomic E-state index is -0.377. The van der Waals surface area contributed by atoms with Crippen LogP contribution in [-0.2, 0) is 5.41 Å². The van der Waals surface area contributed by atoms with Crippen molar-refractivity contribution in [2.45, 2.75) is 5.41 Å². The molecule has 0 aliphatic heterocycles. The topological polar surface area (TPSA) is 38.7 Å². The van der Waals surface area contributed by atoms with E-state index in [0.717, 1.165) is 33.2 Å². The molecule has 0 atom stereocenters. The van der Waals surface area contributed by atoms with Gasteiger partial charge in [-0.3, -0.25) is 0 Å². The lowest BCUT2D eigenvalue weighted by Crippen LogP contribution is -2.25. The summed E-state index contributed by atoms with van der Waals surface area (Å²) in [4.78, 5) is 15.2. The molecule has 12 rings (SSSR count). The summed E-state index contributed by atoms with van der Waals surface area (Å²) in [5.41, 5.74) is 17.8. The number of hydrogen-bond donors (Lipinski definition) is 0. The molecule has 3 nitrogen and oxygen atoms in total. The van der Waals surface area contributed by atoms with Gasteiger partial charge >= 0.3 is 0 Å². The molecular formula is C54H33N3S. The maximum absolute atomic E-state index is 5.13. The minimum Gasteiger partial charge on any atom is -0.208 e. The zero-order chi connectivity index (χ0) is 38.2.